The Kier molecular flexibility index (Phi) is 4.04. The lowest BCUT2D eigenvalue weighted by Crippen LogP contribution is -2.15. The molecule has 0 saturated heterocycles. The van der Waals surface area contributed by atoms with Crippen molar-refractivity contribution in [3.8, 4) is 11.5 Å². The van der Waals surface area contributed by atoms with Gasteiger partial charge in [0, 0.05) is 16.1 Å². The monoisotopic (exact) mass is 379 g/mol. The quantitative estimate of drug-likeness (QED) is 0.824. The van der Waals surface area contributed by atoms with Crippen LogP contribution < -0.4 is 14.8 Å². The van der Waals surface area contributed by atoms with Crippen molar-refractivity contribution >= 4 is 33.3 Å². The van der Waals surface area contributed by atoms with Crippen LogP contribution in [0.4, 0.5) is 10.1 Å². The normalized spacial score (nSPS) is 12.1. The minimum atomic E-state index is -0.474. The van der Waals surface area contributed by atoms with Crippen LogP contribution in [0, 0.1) is 5.82 Å². The minimum absolute atomic E-state index is 0.0631. The van der Waals surface area contributed by atoms with Gasteiger partial charge in [0.15, 0.2) is 17.3 Å². The number of fused-ring (bicyclic) bond motifs is 1. The van der Waals surface area contributed by atoms with Gasteiger partial charge < -0.3 is 14.8 Å². The van der Waals surface area contributed by atoms with E-state index in [1.54, 1.807) is 0 Å². The van der Waals surface area contributed by atoms with Crippen molar-refractivity contribution in [3.63, 3.8) is 0 Å². The molecule has 2 aromatic carbocycles. The number of benzene rings is 2. The Morgan fingerprint density at radius 3 is 2.48 bits per heavy atom. The molecule has 1 amide bonds. The average molecular weight is 380 g/mol. The molecular weight excluding hydrogens is 369 g/mol. The molecule has 118 valence electrons. The smallest absolute Gasteiger partial charge is 0.256 e. The van der Waals surface area contributed by atoms with Crippen molar-refractivity contribution in [1.82, 2.24) is 0 Å². The molecule has 0 bridgehead atoms. The van der Waals surface area contributed by atoms with Gasteiger partial charge in [0.05, 0.1) is 11.3 Å². The van der Waals surface area contributed by atoms with Gasteiger partial charge in [0.2, 0.25) is 6.79 Å². The number of halogens is 2. The van der Waals surface area contributed by atoms with Crippen LogP contribution in [0.2, 0.25) is 0 Å². The molecule has 3 rings (SSSR count). The summed E-state index contributed by atoms with van der Waals surface area (Å²) in [6.45, 7) is 1.45. The van der Waals surface area contributed by atoms with Crippen molar-refractivity contribution < 1.29 is 23.5 Å². The first-order valence-corrected chi connectivity index (χ1v) is 7.46. The number of carbonyl (C=O) groups is 2. The third kappa shape index (κ3) is 3.05. The lowest BCUT2D eigenvalue weighted by molar-refractivity contribution is 0.101. The van der Waals surface area contributed by atoms with Crippen LogP contribution in [0.1, 0.15) is 27.6 Å². The van der Waals surface area contributed by atoms with E-state index in [4.69, 9.17) is 9.47 Å². The highest BCUT2D eigenvalue weighted by Crippen LogP contribution is 2.37. The molecule has 1 aliphatic rings. The second kappa shape index (κ2) is 6.00. The number of carbonyl (C=O) groups excluding carboxylic acids is 2. The summed E-state index contributed by atoms with van der Waals surface area (Å²) >= 11 is 3.15. The number of amides is 1. The Balaban J connectivity index is 1.96. The van der Waals surface area contributed by atoms with E-state index in [0.29, 0.717) is 27.2 Å². The second-order valence-electron chi connectivity index (χ2n) is 4.89. The van der Waals surface area contributed by atoms with Gasteiger partial charge in [-0.15, -0.1) is 0 Å². The highest BCUT2D eigenvalue weighted by atomic mass is 79.9. The maximum atomic E-state index is 13.1. The molecule has 0 aliphatic carbocycles. The van der Waals surface area contributed by atoms with E-state index in [2.05, 4.69) is 21.2 Å². The van der Waals surface area contributed by atoms with E-state index in [1.807, 2.05) is 0 Å². The van der Waals surface area contributed by atoms with Crippen LogP contribution in [-0.2, 0) is 0 Å². The third-order valence-electron chi connectivity index (χ3n) is 3.32. The summed E-state index contributed by atoms with van der Waals surface area (Å²) in [5.41, 5.74) is 0.863. The Bertz CT molecular complexity index is 822. The maximum absolute atomic E-state index is 13.1. The highest BCUT2D eigenvalue weighted by Gasteiger charge is 2.21. The van der Waals surface area contributed by atoms with Gasteiger partial charge in [-0.2, -0.15) is 0 Å². The molecular formula is C16H11BrFNO4. The Hall–Kier alpha value is -2.41. The largest absolute Gasteiger partial charge is 0.454 e. The van der Waals surface area contributed by atoms with Gasteiger partial charge in [0.25, 0.3) is 5.91 Å². The van der Waals surface area contributed by atoms with Gasteiger partial charge in [-0.05, 0) is 47.1 Å². The highest BCUT2D eigenvalue weighted by molar-refractivity contribution is 9.10. The molecule has 0 unspecified atom stereocenters. The van der Waals surface area contributed by atoms with Gasteiger partial charge in [0.1, 0.15) is 5.82 Å². The number of rotatable bonds is 3. The molecule has 0 atom stereocenters. The van der Waals surface area contributed by atoms with E-state index in [1.165, 1.54) is 37.3 Å². The van der Waals surface area contributed by atoms with Crippen LogP contribution in [0.3, 0.4) is 0 Å². The van der Waals surface area contributed by atoms with Gasteiger partial charge >= 0.3 is 0 Å². The molecule has 0 aromatic heterocycles. The van der Waals surface area contributed by atoms with E-state index in [0.717, 1.165) is 0 Å². The predicted molar refractivity (Wildman–Crippen MR) is 84.6 cm³/mol. The fourth-order valence-corrected chi connectivity index (χ4v) is 2.73. The van der Waals surface area contributed by atoms with Crippen LogP contribution in [0.15, 0.2) is 34.8 Å². The summed E-state index contributed by atoms with van der Waals surface area (Å²) in [7, 11) is 0. The number of hydrogen-bond acceptors (Lipinski definition) is 4. The number of Topliss-reactive ketones (excluding diaryl/α,β-unsaturated/α-hetero) is 1. The fourth-order valence-electron chi connectivity index (χ4n) is 2.20. The zero-order valence-corrected chi connectivity index (χ0v) is 13.6. The van der Waals surface area contributed by atoms with Gasteiger partial charge in [-0.25, -0.2) is 4.39 Å². The first-order chi connectivity index (χ1) is 11.0. The lowest BCUT2D eigenvalue weighted by atomic mass is 10.1. The summed E-state index contributed by atoms with van der Waals surface area (Å²) in [6.07, 6.45) is 0. The molecule has 1 N–H and O–H groups in total. The van der Waals surface area contributed by atoms with Crippen molar-refractivity contribution in [1.29, 1.82) is 0 Å². The number of ether oxygens (including phenoxy) is 2. The molecule has 0 radical (unpaired) electrons. The Labute approximate surface area is 139 Å². The van der Waals surface area contributed by atoms with Crippen LogP contribution in [0.5, 0.6) is 11.5 Å². The fraction of sp³-hybridized carbons (Fsp3) is 0.125. The zero-order chi connectivity index (χ0) is 16.6. The van der Waals surface area contributed by atoms with E-state index in [-0.39, 0.29) is 18.1 Å². The molecule has 5 nitrogen and oxygen atoms in total. The molecule has 23 heavy (non-hydrogen) atoms. The third-order valence-corrected chi connectivity index (χ3v) is 3.97. The van der Waals surface area contributed by atoms with Crippen LogP contribution in [-0.4, -0.2) is 18.5 Å². The van der Waals surface area contributed by atoms with Crippen LogP contribution in [0.25, 0.3) is 0 Å². The molecule has 2 aromatic rings. The average Bonchev–Trinajstić information content (AvgIpc) is 2.93. The van der Waals surface area contributed by atoms with E-state index < -0.39 is 11.7 Å². The Morgan fingerprint density at radius 2 is 1.83 bits per heavy atom. The summed E-state index contributed by atoms with van der Waals surface area (Å²) in [5, 5.41) is 2.65. The zero-order valence-electron chi connectivity index (χ0n) is 12.0. The maximum Gasteiger partial charge on any atom is 0.256 e. The standard InChI is InChI=1S/C16H11BrFNO4/c1-8(20)11-5-14-15(23-7-22-14)6-13(11)19-16(21)10-3-2-9(18)4-12(10)17/h2-6H,7H2,1H3,(H,19,21). The number of nitrogens with one attached hydrogen (secondary N) is 1. The molecule has 7 heteroatoms. The van der Waals surface area contributed by atoms with Gasteiger partial charge in [-0.1, -0.05) is 0 Å². The van der Waals surface area contributed by atoms with Crippen molar-refractivity contribution in [2.75, 3.05) is 12.1 Å². The molecule has 1 aliphatic heterocycles. The van der Waals surface area contributed by atoms with Crippen molar-refractivity contribution in [3.05, 3.63) is 51.7 Å². The van der Waals surface area contributed by atoms with Crippen molar-refractivity contribution in [2.45, 2.75) is 6.92 Å². The number of ketones is 1. The summed E-state index contributed by atoms with van der Waals surface area (Å²) in [6, 6.07) is 6.80. The van der Waals surface area contributed by atoms with E-state index in [9.17, 15) is 14.0 Å². The SMILES string of the molecule is CC(=O)c1cc2c(cc1NC(=O)c1ccc(F)cc1Br)OCO2. The van der Waals surface area contributed by atoms with Crippen molar-refractivity contribution in [2.24, 2.45) is 0 Å². The molecule has 0 fully saturated rings. The second-order valence-corrected chi connectivity index (χ2v) is 5.74. The summed E-state index contributed by atoms with van der Waals surface area (Å²) in [4.78, 5) is 24.2. The lowest BCUT2D eigenvalue weighted by Gasteiger charge is -2.11. The van der Waals surface area contributed by atoms with Crippen LogP contribution >= 0.6 is 15.9 Å². The molecule has 0 saturated carbocycles. The predicted octanol–water partition coefficient (Wildman–Crippen LogP) is 3.77. The molecule has 0 spiro atoms. The van der Waals surface area contributed by atoms with E-state index >= 15 is 0 Å². The Morgan fingerprint density at radius 1 is 1.13 bits per heavy atom. The minimum Gasteiger partial charge on any atom is -0.454 e. The number of hydrogen-bond donors (Lipinski definition) is 1. The summed E-state index contributed by atoms with van der Waals surface area (Å²) in [5.74, 6) is -0.254. The molecule has 1 heterocycles. The first kappa shape index (κ1) is 15.5. The first-order valence-electron chi connectivity index (χ1n) is 6.66. The van der Waals surface area contributed by atoms with Gasteiger partial charge in [-0.3, -0.25) is 9.59 Å². The number of anilines is 1. The topological polar surface area (TPSA) is 64.6 Å². The summed E-state index contributed by atoms with van der Waals surface area (Å²) < 4.78 is 23.9.